The lowest BCUT2D eigenvalue weighted by atomic mass is 10.1. The minimum Gasteiger partial charge on any atom is -0.264 e. The lowest BCUT2D eigenvalue weighted by Crippen LogP contribution is -2.22. The molecule has 1 rings (SSSR count). The van der Waals surface area contributed by atoms with E-state index in [9.17, 15) is 10.1 Å². The van der Waals surface area contributed by atoms with Crippen LogP contribution in [0.1, 0.15) is 12.0 Å². The summed E-state index contributed by atoms with van der Waals surface area (Å²) < 4.78 is 0. The van der Waals surface area contributed by atoms with Crippen LogP contribution >= 0.6 is 0 Å². The van der Waals surface area contributed by atoms with Gasteiger partial charge in [-0.2, -0.15) is 0 Å². The largest absolute Gasteiger partial charge is 0.264 e. The summed E-state index contributed by atoms with van der Waals surface area (Å²) in [5.41, 5.74) is 1.07. The molecule has 0 bridgehead atoms. The van der Waals surface area contributed by atoms with Crippen LogP contribution in [-0.4, -0.2) is 22.8 Å². The highest BCUT2D eigenvalue weighted by atomic mass is 17.1. The van der Waals surface area contributed by atoms with E-state index in [1.165, 1.54) is 0 Å². The molecule has 0 fully saturated rings. The van der Waals surface area contributed by atoms with Gasteiger partial charge in [-0.05, 0) is 18.4 Å². The normalized spacial score (nSPS) is 12.3. The van der Waals surface area contributed by atoms with Gasteiger partial charge >= 0.3 is 0 Å². The Morgan fingerprint density at radius 3 is 2.60 bits per heavy atom. The van der Waals surface area contributed by atoms with E-state index in [2.05, 4.69) is 4.89 Å². The molecule has 0 aliphatic heterocycles. The molecule has 1 N–H and O–H groups in total. The summed E-state index contributed by atoms with van der Waals surface area (Å²) in [6.07, 6.45) is 0.349. The van der Waals surface area contributed by atoms with E-state index in [0.29, 0.717) is 12.8 Å². The smallest absolute Gasteiger partial charge is 0.232 e. The van der Waals surface area contributed by atoms with Gasteiger partial charge in [-0.3, -0.25) is 15.4 Å². The molecule has 1 aromatic rings. The number of hydrogen-bond acceptors (Lipinski definition) is 4. The molecule has 0 amide bonds. The summed E-state index contributed by atoms with van der Waals surface area (Å²) in [6, 6.07) is 9.57. The molecule has 0 radical (unpaired) electrons. The fourth-order valence-electron chi connectivity index (χ4n) is 1.32. The summed E-state index contributed by atoms with van der Waals surface area (Å²) in [5.74, 6) is 0. The molecule has 0 spiro atoms. The second-order valence-electron chi connectivity index (χ2n) is 3.27. The van der Waals surface area contributed by atoms with Crippen molar-refractivity contribution in [3.63, 3.8) is 0 Å². The molecule has 0 saturated heterocycles. The maximum absolute atomic E-state index is 10.2. The second-order valence-corrected chi connectivity index (χ2v) is 3.27. The quantitative estimate of drug-likeness (QED) is 0.442. The van der Waals surface area contributed by atoms with E-state index in [0.717, 1.165) is 5.56 Å². The summed E-state index contributed by atoms with van der Waals surface area (Å²) in [5, 5.41) is 18.6. The molecule has 5 nitrogen and oxygen atoms in total. The average Bonchev–Trinajstić information content (AvgIpc) is 2.25. The Hall–Kier alpha value is -1.46. The summed E-state index contributed by atoms with van der Waals surface area (Å²) >= 11 is 0. The van der Waals surface area contributed by atoms with Gasteiger partial charge in [0.05, 0.1) is 0 Å². The van der Waals surface area contributed by atoms with Gasteiger partial charge in [-0.15, -0.1) is 0 Å². The first-order valence-corrected chi connectivity index (χ1v) is 4.68. The van der Waals surface area contributed by atoms with Crippen LogP contribution in [0.3, 0.4) is 0 Å². The molecule has 15 heavy (non-hydrogen) atoms. The van der Waals surface area contributed by atoms with Crippen molar-refractivity contribution >= 4 is 0 Å². The van der Waals surface area contributed by atoms with Gasteiger partial charge in [0.1, 0.15) is 0 Å². The monoisotopic (exact) mass is 211 g/mol. The van der Waals surface area contributed by atoms with Crippen molar-refractivity contribution in [2.24, 2.45) is 0 Å². The Morgan fingerprint density at radius 2 is 2.07 bits per heavy atom. The first-order valence-electron chi connectivity index (χ1n) is 4.68. The minimum atomic E-state index is -0.736. The lowest BCUT2D eigenvalue weighted by Gasteiger charge is -2.08. The summed E-state index contributed by atoms with van der Waals surface area (Å²) in [6.45, 7) is -0.372. The van der Waals surface area contributed by atoms with Crippen LogP contribution < -0.4 is 0 Å². The van der Waals surface area contributed by atoms with E-state index >= 15 is 0 Å². The average molecular weight is 211 g/mol. The van der Waals surface area contributed by atoms with Gasteiger partial charge in [0.15, 0.2) is 6.10 Å². The third-order valence-electron chi connectivity index (χ3n) is 2.10. The van der Waals surface area contributed by atoms with Crippen molar-refractivity contribution in [2.75, 3.05) is 6.54 Å². The van der Waals surface area contributed by atoms with Crippen LogP contribution in [-0.2, 0) is 11.3 Å². The van der Waals surface area contributed by atoms with Gasteiger partial charge < -0.3 is 0 Å². The van der Waals surface area contributed by atoms with E-state index < -0.39 is 11.0 Å². The molecule has 0 saturated carbocycles. The van der Waals surface area contributed by atoms with Crippen molar-refractivity contribution in [1.82, 2.24) is 0 Å². The van der Waals surface area contributed by atoms with Crippen LogP contribution in [0.25, 0.3) is 0 Å². The molecule has 5 heteroatoms. The molecular formula is C10H13NO4. The standard InChI is InChI=1S/C10H13NO4/c12-11(13)8-10(15-14)7-6-9-4-2-1-3-5-9/h1-5,10,14H,6-8H2/t10-/m0/s1. The number of aryl methyl sites for hydroxylation is 1. The van der Waals surface area contributed by atoms with Crippen molar-refractivity contribution < 1.29 is 15.1 Å². The molecule has 1 aromatic carbocycles. The Labute approximate surface area is 87.4 Å². The molecule has 82 valence electrons. The van der Waals surface area contributed by atoms with Gasteiger partial charge in [0.2, 0.25) is 6.54 Å². The fraction of sp³-hybridized carbons (Fsp3) is 0.400. The summed E-state index contributed by atoms with van der Waals surface area (Å²) in [4.78, 5) is 13.7. The maximum atomic E-state index is 10.2. The van der Waals surface area contributed by atoms with Crippen molar-refractivity contribution in [2.45, 2.75) is 18.9 Å². The zero-order valence-corrected chi connectivity index (χ0v) is 8.20. The Bertz CT molecular complexity index is 302. The third kappa shape index (κ3) is 4.53. The minimum absolute atomic E-state index is 0.372. The van der Waals surface area contributed by atoms with Crippen LogP contribution in [0.5, 0.6) is 0 Å². The molecule has 0 aliphatic rings. The zero-order valence-electron chi connectivity index (χ0n) is 8.20. The fourth-order valence-corrected chi connectivity index (χ4v) is 1.32. The maximum Gasteiger partial charge on any atom is 0.232 e. The van der Waals surface area contributed by atoms with Gasteiger partial charge in [0.25, 0.3) is 0 Å². The molecule has 0 unspecified atom stereocenters. The highest BCUT2D eigenvalue weighted by molar-refractivity contribution is 5.14. The van der Waals surface area contributed by atoms with E-state index in [4.69, 9.17) is 5.26 Å². The predicted octanol–water partition coefficient (Wildman–Crippen LogP) is 1.75. The highest BCUT2D eigenvalue weighted by Gasteiger charge is 2.15. The Balaban J connectivity index is 2.37. The lowest BCUT2D eigenvalue weighted by molar-refractivity contribution is -0.503. The number of hydrogen-bond donors (Lipinski definition) is 1. The van der Waals surface area contributed by atoms with Gasteiger partial charge in [0, 0.05) is 4.92 Å². The molecule has 1 atom stereocenters. The predicted molar refractivity (Wildman–Crippen MR) is 54.1 cm³/mol. The van der Waals surface area contributed by atoms with E-state index in [-0.39, 0.29) is 6.54 Å². The number of nitrogens with zero attached hydrogens (tertiary/aromatic N) is 1. The molecule has 0 aliphatic carbocycles. The first kappa shape index (κ1) is 11.6. The second kappa shape index (κ2) is 6.10. The van der Waals surface area contributed by atoms with Crippen LogP contribution in [0.2, 0.25) is 0 Å². The van der Waals surface area contributed by atoms with Crippen molar-refractivity contribution in [1.29, 1.82) is 0 Å². The van der Waals surface area contributed by atoms with Crippen LogP contribution in [0.4, 0.5) is 0 Å². The Morgan fingerprint density at radius 1 is 1.40 bits per heavy atom. The highest BCUT2D eigenvalue weighted by Crippen LogP contribution is 2.06. The molecular weight excluding hydrogens is 198 g/mol. The Kier molecular flexibility index (Phi) is 4.73. The number of nitro groups is 1. The molecule has 0 aromatic heterocycles. The van der Waals surface area contributed by atoms with Gasteiger partial charge in [-0.25, -0.2) is 4.89 Å². The number of rotatable bonds is 6. The SMILES string of the molecule is O=[N+]([O-])C[C@H](CCc1ccccc1)OO. The van der Waals surface area contributed by atoms with Crippen molar-refractivity contribution in [3.8, 4) is 0 Å². The topological polar surface area (TPSA) is 72.6 Å². The van der Waals surface area contributed by atoms with E-state index in [1.54, 1.807) is 0 Å². The summed E-state index contributed by atoms with van der Waals surface area (Å²) in [7, 11) is 0. The third-order valence-corrected chi connectivity index (χ3v) is 2.10. The number of benzene rings is 1. The zero-order chi connectivity index (χ0) is 11.1. The first-order chi connectivity index (χ1) is 7.22. The molecule has 0 heterocycles. The van der Waals surface area contributed by atoms with Gasteiger partial charge in [-0.1, -0.05) is 30.3 Å². The van der Waals surface area contributed by atoms with Crippen molar-refractivity contribution in [3.05, 3.63) is 46.0 Å². The van der Waals surface area contributed by atoms with Crippen LogP contribution in [0.15, 0.2) is 30.3 Å². The van der Waals surface area contributed by atoms with Crippen LogP contribution in [0, 0.1) is 10.1 Å². The van der Waals surface area contributed by atoms with E-state index in [1.807, 2.05) is 30.3 Å².